The van der Waals surface area contributed by atoms with Crippen LogP contribution in [0.5, 0.6) is 0 Å². The van der Waals surface area contributed by atoms with Crippen molar-refractivity contribution < 1.29 is 4.74 Å². The van der Waals surface area contributed by atoms with E-state index in [2.05, 4.69) is 58.5 Å². The topological polar surface area (TPSA) is 52.1 Å². The van der Waals surface area contributed by atoms with Gasteiger partial charge in [-0.2, -0.15) is 0 Å². The summed E-state index contributed by atoms with van der Waals surface area (Å²) in [5, 5.41) is 6.88. The van der Waals surface area contributed by atoms with Crippen molar-refractivity contribution in [1.29, 1.82) is 0 Å². The molecule has 6 nitrogen and oxygen atoms in total. The average molecular weight is 388 g/mol. The van der Waals surface area contributed by atoms with Crippen LogP contribution in [0.4, 0.5) is 0 Å². The summed E-state index contributed by atoms with van der Waals surface area (Å²) in [6.07, 6.45) is 2.27. The summed E-state index contributed by atoms with van der Waals surface area (Å²) < 4.78 is 5.41. The number of nitrogens with zero attached hydrogens (tertiary/aromatic N) is 3. The molecule has 156 valence electrons. The summed E-state index contributed by atoms with van der Waals surface area (Å²) in [6.45, 7) is 14.2. The normalized spacial score (nSPS) is 19.9. The van der Waals surface area contributed by atoms with Crippen LogP contribution in [0, 0.1) is 0 Å². The number of fused-ring (bicyclic) bond motifs is 1. The molecule has 0 aromatic heterocycles. The molecule has 6 heteroatoms. The fourth-order valence-electron chi connectivity index (χ4n) is 3.91. The minimum absolute atomic E-state index is 0.442. The molecule has 0 saturated carbocycles. The molecule has 1 saturated heterocycles. The molecule has 2 heterocycles. The average Bonchev–Trinajstić information content (AvgIpc) is 2.75. The first-order valence-electron chi connectivity index (χ1n) is 10.9. The Hall–Kier alpha value is -1.63. The maximum atomic E-state index is 5.41. The van der Waals surface area contributed by atoms with Crippen molar-refractivity contribution in [3.63, 3.8) is 0 Å². The Labute approximate surface area is 170 Å². The third kappa shape index (κ3) is 6.47. The Kier molecular flexibility index (Phi) is 8.58. The van der Waals surface area contributed by atoms with Crippen LogP contribution in [0.25, 0.3) is 0 Å². The predicted octanol–water partition coefficient (Wildman–Crippen LogP) is 1.71. The van der Waals surface area contributed by atoms with E-state index >= 15 is 0 Å². The maximum Gasteiger partial charge on any atom is 0.191 e. The smallest absolute Gasteiger partial charge is 0.191 e. The molecule has 0 amide bonds. The first kappa shape index (κ1) is 21.1. The van der Waals surface area contributed by atoms with Crippen LogP contribution in [-0.4, -0.2) is 80.8 Å². The van der Waals surface area contributed by atoms with Crippen LogP contribution in [0.1, 0.15) is 31.4 Å². The van der Waals surface area contributed by atoms with Crippen LogP contribution in [-0.2, 0) is 17.7 Å². The highest BCUT2D eigenvalue weighted by Gasteiger charge is 2.20. The highest BCUT2D eigenvalue weighted by molar-refractivity contribution is 5.79. The molecule has 3 rings (SSSR count). The Morgan fingerprint density at radius 2 is 1.93 bits per heavy atom. The van der Waals surface area contributed by atoms with Gasteiger partial charge in [0, 0.05) is 45.3 Å². The summed E-state index contributed by atoms with van der Waals surface area (Å²) in [4.78, 5) is 9.88. The molecule has 1 atom stereocenters. The fourth-order valence-corrected chi connectivity index (χ4v) is 3.91. The third-order valence-corrected chi connectivity index (χ3v) is 5.69. The minimum atomic E-state index is 0.442. The minimum Gasteiger partial charge on any atom is -0.379 e. The predicted molar refractivity (Wildman–Crippen MR) is 116 cm³/mol. The number of hydrogen-bond acceptors (Lipinski definition) is 4. The SMILES string of the molecule is CCNC(=NCC(C)N1CCc2ccccc2C1)NCCCN1CCOCC1. The van der Waals surface area contributed by atoms with Crippen LogP contribution < -0.4 is 10.6 Å². The largest absolute Gasteiger partial charge is 0.379 e. The number of aliphatic imine (C=N–C) groups is 1. The van der Waals surface area contributed by atoms with Gasteiger partial charge in [0.2, 0.25) is 0 Å². The van der Waals surface area contributed by atoms with Crippen molar-refractivity contribution in [3.8, 4) is 0 Å². The molecular weight excluding hydrogens is 350 g/mol. The van der Waals surface area contributed by atoms with Crippen molar-refractivity contribution in [2.75, 3.05) is 59.0 Å². The van der Waals surface area contributed by atoms with Crippen LogP contribution in [0.3, 0.4) is 0 Å². The molecule has 1 aromatic carbocycles. The highest BCUT2D eigenvalue weighted by atomic mass is 16.5. The van der Waals surface area contributed by atoms with Crippen molar-refractivity contribution in [1.82, 2.24) is 20.4 Å². The number of nitrogens with one attached hydrogen (secondary N) is 2. The second-order valence-corrected chi connectivity index (χ2v) is 7.79. The van der Waals surface area contributed by atoms with E-state index in [9.17, 15) is 0 Å². The number of ether oxygens (including phenoxy) is 1. The van der Waals surface area contributed by atoms with Crippen LogP contribution in [0.15, 0.2) is 29.3 Å². The molecule has 2 aliphatic rings. The van der Waals surface area contributed by atoms with E-state index in [4.69, 9.17) is 9.73 Å². The standard InChI is InChI=1S/C22H37N5O/c1-3-23-22(24-10-6-11-26-13-15-28-16-14-26)25-17-19(2)27-12-9-20-7-4-5-8-21(20)18-27/h4-5,7-8,19H,3,6,9-18H2,1-2H3,(H2,23,24,25). The quantitative estimate of drug-likeness (QED) is 0.404. The van der Waals surface area contributed by atoms with Gasteiger partial charge in [-0.05, 0) is 44.4 Å². The second kappa shape index (κ2) is 11.4. The van der Waals surface area contributed by atoms with E-state index in [0.717, 1.165) is 84.4 Å². The number of morpholine rings is 1. The molecule has 0 radical (unpaired) electrons. The molecule has 1 unspecified atom stereocenters. The van der Waals surface area contributed by atoms with Gasteiger partial charge < -0.3 is 15.4 Å². The summed E-state index contributed by atoms with van der Waals surface area (Å²) in [5.41, 5.74) is 2.97. The number of rotatable bonds is 8. The third-order valence-electron chi connectivity index (χ3n) is 5.69. The Morgan fingerprint density at radius 3 is 2.71 bits per heavy atom. The molecule has 28 heavy (non-hydrogen) atoms. The van der Waals surface area contributed by atoms with Gasteiger partial charge >= 0.3 is 0 Å². The molecule has 0 aliphatic carbocycles. The lowest BCUT2D eigenvalue weighted by molar-refractivity contribution is 0.0376. The van der Waals surface area contributed by atoms with E-state index in [0.29, 0.717) is 6.04 Å². The van der Waals surface area contributed by atoms with E-state index in [-0.39, 0.29) is 0 Å². The first-order valence-corrected chi connectivity index (χ1v) is 10.9. The van der Waals surface area contributed by atoms with Gasteiger partial charge in [0.25, 0.3) is 0 Å². The summed E-state index contributed by atoms with van der Waals surface area (Å²) >= 11 is 0. The molecule has 2 aliphatic heterocycles. The molecule has 1 aromatic rings. The van der Waals surface area contributed by atoms with Gasteiger partial charge in [-0.25, -0.2) is 0 Å². The zero-order valence-corrected chi connectivity index (χ0v) is 17.6. The van der Waals surface area contributed by atoms with Gasteiger partial charge in [-0.1, -0.05) is 24.3 Å². The summed E-state index contributed by atoms with van der Waals surface area (Å²) in [7, 11) is 0. The van der Waals surface area contributed by atoms with E-state index in [1.165, 1.54) is 11.1 Å². The van der Waals surface area contributed by atoms with Crippen molar-refractivity contribution >= 4 is 5.96 Å². The Morgan fingerprint density at radius 1 is 1.14 bits per heavy atom. The lowest BCUT2D eigenvalue weighted by atomic mass is 9.99. The number of guanidine groups is 1. The van der Waals surface area contributed by atoms with Crippen molar-refractivity contribution in [3.05, 3.63) is 35.4 Å². The molecule has 2 N–H and O–H groups in total. The van der Waals surface area contributed by atoms with E-state index < -0.39 is 0 Å². The second-order valence-electron chi connectivity index (χ2n) is 7.79. The Bertz CT molecular complexity index is 615. The first-order chi connectivity index (χ1) is 13.8. The zero-order valence-electron chi connectivity index (χ0n) is 17.6. The van der Waals surface area contributed by atoms with Gasteiger partial charge in [-0.3, -0.25) is 14.8 Å². The van der Waals surface area contributed by atoms with Crippen molar-refractivity contribution in [2.24, 2.45) is 4.99 Å². The van der Waals surface area contributed by atoms with Gasteiger partial charge in [0.15, 0.2) is 5.96 Å². The molecule has 1 fully saturated rings. The maximum absolute atomic E-state index is 5.41. The molecule has 0 spiro atoms. The number of hydrogen-bond donors (Lipinski definition) is 2. The Balaban J connectivity index is 1.41. The lowest BCUT2D eigenvalue weighted by Gasteiger charge is -2.33. The van der Waals surface area contributed by atoms with Crippen LogP contribution in [0.2, 0.25) is 0 Å². The zero-order chi connectivity index (χ0) is 19.6. The summed E-state index contributed by atoms with van der Waals surface area (Å²) in [6, 6.07) is 9.26. The number of benzene rings is 1. The monoisotopic (exact) mass is 387 g/mol. The van der Waals surface area contributed by atoms with Crippen molar-refractivity contribution in [2.45, 2.75) is 39.3 Å². The highest BCUT2D eigenvalue weighted by Crippen LogP contribution is 2.20. The van der Waals surface area contributed by atoms with Gasteiger partial charge in [-0.15, -0.1) is 0 Å². The van der Waals surface area contributed by atoms with E-state index in [1.54, 1.807) is 0 Å². The lowest BCUT2D eigenvalue weighted by Crippen LogP contribution is -2.42. The van der Waals surface area contributed by atoms with Gasteiger partial charge in [0.05, 0.1) is 19.8 Å². The molecular formula is C22H37N5O. The van der Waals surface area contributed by atoms with Crippen LogP contribution >= 0.6 is 0 Å². The fraction of sp³-hybridized carbons (Fsp3) is 0.682. The summed E-state index contributed by atoms with van der Waals surface area (Å²) in [5.74, 6) is 0.939. The van der Waals surface area contributed by atoms with Gasteiger partial charge in [0.1, 0.15) is 0 Å². The molecule has 0 bridgehead atoms. The van der Waals surface area contributed by atoms with E-state index in [1.807, 2.05) is 0 Å².